The molecule has 1 N–H and O–H groups in total. The molecule has 0 aliphatic carbocycles. The third-order valence-electron chi connectivity index (χ3n) is 3.41. The highest BCUT2D eigenvalue weighted by molar-refractivity contribution is 7.99. The zero-order chi connectivity index (χ0) is 14.7. The Kier molecular flexibility index (Phi) is 4.28. The number of aromatic nitrogens is 1. The van der Waals surface area contributed by atoms with Gasteiger partial charge in [0.15, 0.2) is 0 Å². The topological polar surface area (TPSA) is 59.1 Å². The fraction of sp³-hybridized carbons (Fsp3) is 0.267. The second-order valence-corrected chi connectivity index (χ2v) is 7.81. The number of rotatable bonds is 4. The second kappa shape index (κ2) is 6.17. The van der Waals surface area contributed by atoms with Crippen LogP contribution in [0.4, 0.5) is 0 Å². The minimum absolute atomic E-state index is 0.274. The first-order valence-electron chi connectivity index (χ1n) is 6.79. The van der Waals surface area contributed by atoms with Crippen LogP contribution in [0.2, 0.25) is 0 Å². The second-order valence-electron chi connectivity index (χ2n) is 4.90. The number of thioether (sulfide) groups is 1. The molecule has 0 atom stereocenters. The van der Waals surface area contributed by atoms with E-state index in [9.17, 15) is 8.42 Å². The van der Waals surface area contributed by atoms with Crippen LogP contribution >= 0.6 is 11.8 Å². The van der Waals surface area contributed by atoms with Gasteiger partial charge in [0.25, 0.3) is 0 Å². The minimum Gasteiger partial charge on any atom is -0.265 e. The van der Waals surface area contributed by atoms with E-state index in [1.807, 2.05) is 6.07 Å². The number of sulfonamides is 1. The molecule has 110 valence electrons. The van der Waals surface area contributed by atoms with Gasteiger partial charge in [0.05, 0.1) is 4.90 Å². The fourth-order valence-electron chi connectivity index (χ4n) is 2.27. The lowest BCUT2D eigenvalue weighted by molar-refractivity contribution is 0.581. The van der Waals surface area contributed by atoms with E-state index < -0.39 is 10.0 Å². The summed E-state index contributed by atoms with van der Waals surface area (Å²) in [4.78, 5) is 5.46. The number of hydrogen-bond donors (Lipinski definition) is 1. The maximum Gasteiger partial charge on any atom is 0.240 e. The quantitative estimate of drug-likeness (QED) is 0.941. The summed E-state index contributed by atoms with van der Waals surface area (Å²) in [7, 11) is -3.47. The molecule has 0 spiro atoms. The van der Waals surface area contributed by atoms with Gasteiger partial charge in [0.2, 0.25) is 10.0 Å². The SMILES string of the molecule is O=S(=O)(NCc1ccncc1)c1ccc2c(c1)CCCS2. The van der Waals surface area contributed by atoms with Crippen molar-refractivity contribution in [1.82, 2.24) is 9.71 Å². The van der Waals surface area contributed by atoms with Gasteiger partial charge in [-0.15, -0.1) is 11.8 Å². The molecule has 1 aromatic heterocycles. The smallest absolute Gasteiger partial charge is 0.240 e. The number of hydrogen-bond acceptors (Lipinski definition) is 4. The number of nitrogens with zero attached hydrogens (tertiary/aromatic N) is 1. The molecule has 1 aromatic carbocycles. The van der Waals surface area contributed by atoms with Crippen molar-refractivity contribution < 1.29 is 8.42 Å². The van der Waals surface area contributed by atoms with Crippen LogP contribution in [0.15, 0.2) is 52.5 Å². The van der Waals surface area contributed by atoms with Gasteiger partial charge in [-0.05, 0) is 60.1 Å². The van der Waals surface area contributed by atoms with Gasteiger partial charge in [0, 0.05) is 23.8 Å². The average molecular weight is 320 g/mol. The fourth-order valence-corrected chi connectivity index (χ4v) is 4.35. The monoisotopic (exact) mass is 320 g/mol. The highest BCUT2D eigenvalue weighted by Gasteiger charge is 2.17. The molecule has 3 rings (SSSR count). The molecule has 0 saturated carbocycles. The van der Waals surface area contributed by atoms with Gasteiger partial charge < -0.3 is 0 Å². The molecule has 0 saturated heterocycles. The Morgan fingerprint density at radius 2 is 2.00 bits per heavy atom. The molecule has 0 radical (unpaired) electrons. The summed E-state index contributed by atoms with van der Waals surface area (Å²) in [5.41, 5.74) is 2.03. The van der Waals surface area contributed by atoms with Crippen molar-refractivity contribution >= 4 is 21.8 Å². The average Bonchev–Trinajstić information content (AvgIpc) is 2.53. The number of aryl methyl sites for hydroxylation is 1. The molecular weight excluding hydrogens is 304 g/mol. The molecule has 21 heavy (non-hydrogen) atoms. The summed E-state index contributed by atoms with van der Waals surface area (Å²) >= 11 is 1.80. The number of fused-ring (bicyclic) bond motifs is 1. The van der Waals surface area contributed by atoms with Crippen LogP contribution in [0.3, 0.4) is 0 Å². The van der Waals surface area contributed by atoms with E-state index in [4.69, 9.17) is 0 Å². The van der Waals surface area contributed by atoms with Crippen LogP contribution in [-0.2, 0) is 23.0 Å². The maximum atomic E-state index is 12.4. The van der Waals surface area contributed by atoms with E-state index in [1.54, 1.807) is 48.4 Å². The van der Waals surface area contributed by atoms with E-state index in [-0.39, 0.29) is 6.54 Å². The van der Waals surface area contributed by atoms with Gasteiger partial charge in [-0.2, -0.15) is 0 Å². The van der Waals surface area contributed by atoms with Crippen LogP contribution in [0.25, 0.3) is 0 Å². The van der Waals surface area contributed by atoms with Crippen LogP contribution in [0, 0.1) is 0 Å². The normalized spacial score (nSPS) is 14.7. The van der Waals surface area contributed by atoms with Crippen molar-refractivity contribution in [3.63, 3.8) is 0 Å². The van der Waals surface area contributed by atoms with E-state index in [0.717, 1.165) is 29.7 Å². The van der Waals surface area contributed by atoms with Crippen LogP contribution in [-0.4, -0.2) is 19.2 Å². The molecule has 0 bridgehead atoms. The Hall–Kier alpha value is -1.37. The molecule has 0 fully saturated rings. The molecule has 1 aliphatic heterocycles. The third-order valence-corrected chi connectivity index (χ3v) is 6.01. The predicted molar refractivity (Wildman–Crippen MR) is 83.7 cm³/mol. The Morgan fingerprint density at radius 3 is 2.81 bits per heavy atom. The van der Waals surface area contributed by atoms with E-state index in [2.05, 4.69) is 9.71 Å². The predicted octanol–water partition coefficient (Wildman–Crippen LogP) is 2.60. The molecular formula is C15H16N2O2S2. The van der Waals surface area contributed by atoms with Gasteiger partial charge in [0.1, 0.15) is 0 Å². The van der Waals surface area contributed by atoms with Crippen LogP contribution in [0.5, 0.6) is 0 Å². The minimum atomic E-state index is -3.47. The summed E-state index contributed by atoms with van der Waals surface area (Å²) < 4.78 is 27.4. The molecule has 1 aliphatic rings. The van der Waals surface area contributed by atoms with Crippen molar-refractivity contribution in [2.45, 2.75) is 29.2 Å². The zero-order valence-corrected chi connectivity index (χ0v) is 13.1. The first kappa shape index (κ1) is 14.6. The van der Waals surface area contributed by atoms with Crippen molar-refractivity contribution in [2.75, 3.05) is 5.75 Å². The van der Waals surface area contributed by atoms with Gasteiger partial charge in [-0.25, -0.2) is 13.1 Å². The zero-order valence-electron chi connectivity index (χ0n) is 11.5. The van der Waals surface area contributed by atoms with E-state index >= 15 is 0 Å². The highest BCUT2D eigenvalue weighted by Crippen LogP contribution is 2.31. The number of benzene rings is 1. The van der Waals surface area contributed by atoms with Crippen molar-refractivity contribution in [3.05, 3.63) is 53.9 Å². The van der Waals surface area contributed by atoms with Crippen LogP contribution in [0.1, 0.15) is 17.5 Å². The van der Waals surface area contributed by atoms with Gasteiger partial charge in [-0.3, -0.25) is 4.98 Å². The first-order chi connectivity index (χ1) is 10.1. The van der Waals surface area contributed by atoms with Crippen molar-refractivity contribution in [2.24, 2.45) is 0 Å². The third kappa shape index (κ3) is 3.45. The number of pyridine rings is 1. The van der Waals surface area contributed by atoms with E-state index in [0.29, 0.717) is 4.90 Å². The van der Waals surface area contributed by atoms with Gasteiger partial charge in [-0.1, -0.05) is 0 Å². The van der Waals surface area contributed by atoms with Crippen molar-refractivity contribution in [3.8, 4) is 0 Å². The maximum absolute atomic E-state index is 12.4. The van der Waals surface area contributed by atoms with E-state index in [1.165, 1.54) is 4.90 Å². The lowest BCUT2D eigenvalue weighted by atomic mass is 10.1. The molecule has 0 amide bonds. The van der Waals surface area contributed by atoms with Crippen molar-refractivity contribution in [1.29, 1.82) is 0 Å². The Bertz CT molecular complexity index is 731. The molecule has 4 nitrogen and oxygen atoms in total. The molecule has 0 unspecified atom stereocenters. The largest absolute Gasteiger partial charge is 0.265 e. The lowest BCUT2D eigenvalue weighted by Gasteiger charge is -2.16. The summed E-state index contributed by atoms with van der Waals surface area (Å²) in [5, 5.41) is 0. The summed E-state index contributed by atoms with van der Waals surface area (Å²) in [6.07, 6.45) is 5.36. The standard InChI is InChI=1S/C15H16N2O2S2/c18-21(19,17-11-12-5-7-16-8-6-12)14-3-4-15-13(10-14)2-1-9-20-15/h3-8,10,17H,1-2,9,11H2. The molecule has 2 aromatic rings. The first-order valence-corrected chi connectivity index (χ1v) is 9.26. The van der Waals surface area contributed by atoms with Gasteiger partial charge >= 0.3 is 0 Å². The summed E-state index contributed by atoms with van der Waals surface area (Å²) in [6.45, 7) is 0.274. The highest BCUT2D eigenvalue weighted by atomic mass is 32.2. The summed E-state index contributed by atoms with van der Waals surface area (Å²) in [5.74, 6) is 1.11. The Morgan fingerprint density at radius 1 is 1.19 bits per heavy atom. The number of nitrogens with one attached hydrogen (secondary N) is 1. The Balaban J connectivity index is 1.78. The molecule has 2 heterocycles. The van der Waals surface area contributed by atoms with Crippen LogP contribution < -0.4 is 4.72 Å². The lowest BCUT2D eigenvalue weighted by Crippen LogP contribution is -2.23. The Labute approximate surface area is 129 Å². The molecule has 6 heteroatoms. The summed E-state index contributed by atoms with van der Waals surface area (Å²) in [6, 6.07) is 9.00.